The molecule has 0 saturated carbocycles. The van der Waals surface area contributed by atoms with Crippen LogP contribution < -0.4 is 0 Å². The second-order valence-electron chi connectivity index (χ2n) is 7.56. The molecule has 0 radical (unpaired) electrons. The maximum atomic E-state index is 12.7. The molecular formula is C23H28N2O2. The van der Waals surface area contributed by atoms with Crippen LogP contribution in [0.3, 0.4) is 0 Å². The van der Waals surface area contributed by atoms with Gasteiger partial charge in [-0.25, -0.2) is 0 Å². The smallest absolute Gasteiger partial charge is 0.227 e. The van der Waals surface area contributed by atoms with Crippen LogP contribution in [0.15, 0.2) is 54.6 Å². The van der Waals surface area contributed by atoms with Gasteiger partial charge in [-0.3, -0.25) is 9.69 Å². The summed E-state index contributed by atoms with van der Waals surface area (Å²) in [4.78, 5) is 17.1. The first-order valence-corrected chi connectivity index (χ1v) is 10.0. The van der Waals surface area contributed by atoms with Gasteiger partial charge in [-0.1, -0.05) is 54.6 Å². The van der Waals surface area contributed by atoms with E-state index < -0.39 is 0 Å². The third-order valence-electron chi connectivity index (χ3n) is 5.63. The molecule has 0 unspecified atom stereocenters. The summed E-state index contributed by atoms with van der Waals surface area (Å²) in [5, 5.41) is 0. The third kappa shape index (κ3) is 4.76. The van der Waals surface area contributed by atoms with Gasteiger partial charge in [-0.15, -0.1) is 0 Å². The van der Waals surface area contributed by atoms with Gasteiger partial charge in [0.2, 0.25) is 5.91 Å². The largest absolute Gasteiger partial charge is 0.377 e. The lowest BCUT2D eigenvalue weighted by Gasteiger charge is -2.35. The van der Waals surface area contributed by atoms with Crippen LogP contribution in [-0.4, -0.2) is 61.1 Å². The highest BCUT2D eigenvalue weighted by molar-refractivity contribution is 5.79. The molecule has 142 valence electrons. The van der Waals surface area contributed by atoms with E-state index in [9.17, 15) is 4.79 Å². The van der Waals surface area contributed by atoms with E-state index >= 15 is 0 Å². The molecule has 0 bridgehead atoms. The molecule has 4 nitrogen and oxygen atoms in total. The summed E-state index contributed by atoms with van der Waals surface area (Å²) in [5.41, 5.74) is 3.48. The van der Waals surface area contributed by atoms with Crippen LogP contribution in [-0.2, 0) is 16.0 Å². The monoisotopic (exact) mass is 364 g/mol. The second kappa shape index (κ2) is 8.68. The Hall–Kier alpha value is -2.17. The van der Waals surface area contributed by atoms with Crippen molar-refractivity contribution in [3.05, 3.63) is 60.2 Å². The molecule has 2 saturated heterocycles. The minimum absolute atomic E-state index is 0.235. The molecule has 0 spiro atoms. The Balaban J connectivity index is 1.27. The van der Waals surface area contributed by atoms with Crippen molar-refractivity contribution in [2.24, 2.45) is 0 Å². The van der Waals surface area contributed by atoms with Gasteiger partial charge in [0.25, 0.3) is 0 Å². The number of ether oxygens (including phenoxy) is 1. The zero-order valence-electron chi connectivity index (χ0n) is 15.8. The molecule has 2 fully saturated rings. The molecule has 0 aromatic heterocycles. The van der Waals surface area contributed by atoms with Crippen molar-refractivity contribution in [1.82, 2.24) is 9.80 Å². The number of piperazine rings is 1. The molecule has 2 aliphatic heterocycles. The van der Waals surface area contributed by atoms with Crippen LogP contribution in [0.5, 0.6) is 0 Å². The lowest BCUT2D eigenvalue weighted by molar-refractivity contribution is -0.132. The SMILES string of the molecule is O=C(Cc1ccc(-c2ccccc2)cc1)N1CCN(C[C@H]2CCCO2)CC1. The van der Waals surface area contributed by atoms with Gasteiger partial charge in [0.15, 0.2) is 0 Å². The highest BCUT2D eigenvalue weighted by Crippen LogP contribution is 2.20. The molecule has 0 aliphatic carbocycles. The fourth-order valence-corrected chi connectivity index (χ4v) is 3.99. The Kier molecular flexibility index (Phi) is 5.85. The Morgan fingerprint density at radius 2 is 1.63 bits per heavy atom. The maximum Gasteiger partial charge on any atom is 0.227 e. The third-order valence-corrected chi connectivity index (χ3v) is 5.63. The number of hydrogen-bond donors (Lipinski definition) is 0. The summed E-state index contributed by atoms with van der Waals surface area (Å²) < 4.78 is 5.73. The molecular weight excluding hydrogens is 336 g/mol. The van der Waals surface area contributed by atoms with Crippen molar-refractivity contribution in [1.29, 1.82) is 0 Å². The van der Waals surface area contributed by atoms with Gasteiger partial charge < -0.3 is 9.64 Å². The molecule has 2 aliphatic rings. The highest BCUT2D eigenvalue weighted by Gasteiger charge is 2.24. The Bertz CT molecular complexity index is 731. The summed E-state index contributed by atoms with van der Waals surface area (Å²) in [5.74, 6) is 0.235. The maximum absolute atomic E-state index is 12.7. The summed E-state index contributed by atoms with van der Waals surface area (Å²) in [6, 6.07) is 18.7. The molecule has 4 heteroatoms. The first kappa shape index (κ1) is 18.2. The summed E-state index contributed by atoms with van der Waals surface area (Å²) in [6.45, 7) is 5.49. The fraction of sp³-hybridized carbons (Fsp3) is 0.435. The van der Waals surface area contributed by atoms with E-state index in [2.05, 4.69) is 41.3 Å². The molecule has 27 heavy (non-hydrogen) atoms. The molecule has 1 amide bonds. The minimum Gasteiger partial charge on any atom is -0.377 e. The summed E-state index contributed by atoms with van der Waals surface area (Å²) in [7, 11) is 0. The van der Waals surface area contributed by atoms with Crippen molar-refractivity contribution in [2.75, 3.05) is 39.3 Å². The molecule has 1 atom stereocenters. The zero-order valence-corrected chi connectivity index (χ0v) is 15.8. The molecule has 0 N–H and O–H groups in total. The van der Waals surface area contributed by atoms with Crippen molar-refractivity contribution in [3.63, 3.8) is 0 Å². The molecule has 2 aromatic rings. The van der Waals surface area contributed by atoms with Gasteiger partial charge in [-0.05, 0) is 29.5 Å². The molecule has 4 rings (SSSR count). The second-order valence-corrected chi connectivity index (χ2v) is 7.56. The fourth-order valence-electron chi connectivity index (χ4n) is 3.99. The molecule has 2 heterocycles. The predicted octanol–water partition coefficient (Wildman–Crippen LogP) is 3.22. The van der Waals surface area contributed by atoms with E-state index in [1.807, 2.05) is 23.1 Å². The van der Waals surface area contributed by atoms with Crippen molar-refractivity contribution in [2.45, 2.75) is 25.4 Å². The van der Waals surface area contributed by atoms with Crippen molar-refractivity contribution in [3.8, 4) is 11.1 Å². The van der Waals surface area contributed by atoms with E-state index in [1.54, 1.807) is 0 Å². The average molecular weight is 364 g/mol. The lowest BCUT2D eigenvalue weighted by Crippen LogP contribution is -2.50. The summed E-state index contributed by atoms with van der Waals surface area (Å²) >= 11 is 0. The standard InChI is InChI=1S/C23H28N2O2/c26-23(25-14-12-24(13-15-25)18-22-7-4-16-27-22)17-19-8-10-21(11-9-19)20-5-2-1-3-6-20/h1-3,5-6,8-11,22H,4,7,12-18H2/t22-/m1/s1. The number of amides is 1. The number of benzene rings is 2. The Labute approximate surface area is 161 Å². The van der Waals surface area contributed by atoms with Gasteiger partial charge in [0.1, 0.15) is 0 Å². The van der Waals surface area contributed by atoms with E-state index in [4.69, 9.17) is 4.74 Å². The van der Waals surface area contributed by atoms with Gasteiger partial charge in [-0.2, -0.15) is 0 Å². The van der Waals surface area contributed by atoms with E-state index in [1.165, 1.54) is 24.0 Å². The lowest BCUT2D eigenvalue weighted by atomic mass is 10.0. The number of carbonyl (C=O) groups excluding carboxylic acids is 1. The Morgan fingerprint density at radius 1 is 0.926 bits per heavy atom. The van der Waals surface area contributed by atoms with Gasteiger partial charge in [0, 0.05) is 39.3 Å². The van der Waals surface area contributed by atoms with Crippen LogP contribution in [0.25, 0.3) is 11.1 Å². The normalized spacial score (nSPS) is 20.7. The topological polar surface area (TPSA) is 32.8 Å². The quantitative estimate of drug-likeness (QED) is 0.817. The van der Waals surface area contributed by atoms with E-state index in [-0.39, 0.29) is 5.91 Å². The van der Waals surface area contributed by atoms with E-state index in [0.29, 0.717) is 12.5 Å². The number of nitrogens with zero attached hydrogens (tertiary/aromatic N) is 2. The van der Waals surface area contributed by atoms with Crippen LogP contribution in [0, 0.1) is 0 Å². The minimum atomic E-state index is 0.235. The number of hydrogen-bond acceptors (Lipinski definition) is 3. The van der Waals surface area contributed by atoms with Gasteiger partial charge in [0.05, 0.1) is 12.5 Å². The van der Waals surface area contributed by atoms with Crippen LogP contribution in [0.4, 0.5) is 0 Å². The molecule has 2 aromatic carbocycles. The van der Waals surface area contributed by atoms with Crippen LogP contribution >= 0.6 is 0 Å². The van der Waals surface area contributed by atoms with Gasteiger partial charge >= 0.3 is 0 Å². The number of rotatable bonds is 5. The predicted molar refractivity (Wildman–Crippen MR) is 108 cm³/mol. The van der Waals surface area contributed by atoms with E-state index in [0.717, 1.165) is 44.9 Å². The number of carbonyl (C=O) groups is 1. The van der Waals surface area contributed by atoms with Crippen molar-refractivity contribution >= 4 is 5.91 Å². The first-order valence-electron chi connectivity index (χ1n) is 10.0. The average Bonchev–Trinajstić information content (AvgIpc) is 3.23. The summed E-state index contributed by atoms with van der Waals surface area (Å²) in [6.07, 6.45) is 3.25. The zero-order chi connectivity index (χ0) is 18.5. The van der Waals surface area contributed by atoms with Crippen LogP contribution in [0.2, 0.25) is 0 Å². The Morgan fingerprint density at radius 3 is 2.30 bits per heavy atom. The first-order chi connectivity index (χ1) is 13.3. The van der Waals surface area contributed by atoms with Crippen LogP contribution in [0.1, 0.15) is 18.4 Å². The highest BCUT2D eigenvalue weighted by atomic mass is 16.5. The van der Waals surface area contributed by atoms with Crippen molar-refractivity contribution < 1.29 is 9.53 Å².